The van der Waals surface area contributed by atoms with Gasteiger partial charge in [0.1, 0.15) is 17.4 Å². The molecule has 1 heterocycles. The fourth-order valence-corrected chi connectivity index (χ4v) is 3.62. The maximum absolute atomic E-state index is 12.9. The van der Waals surface area contributed by atoms with Crippen LogP contribution in [0.25, 0.3) is 0 Å². The van der Waals surface area contributed by atoms with Gasteiger partial charge >= 0.3 is 5.97 Å². The molecule has 6 nitrogen and oxygen atoms in total. The molecule has 2 aromatic rings. The highest BCUT2D eigenvalue weighted by atomic mass is 16.5. The first kappa shape index (κ1) is 24.8. The van der Waals surface area contributed by atoms with Gasteiger partial charge in [0, 0.05) is 30.5 Å². The lowest BCUT2D eigenvalue weighted by Crippen LogP contribution is -2.28. The topological polar surface area (TPSA) is 95.9 Å². The maximum atomic E-state index is 12.9. The van der Waals surface area contributed by atoms with Gasteiger partial charge in [-0.3, -0.25) is 4.79 Å². The first-order chi connectivity index (χ1) is 16.4. The maximum Gasteiger partial charge on any atom is 0.342 e. The summed E-state index contributed by atoms with van der Waals surface area (Å²) in [6, 6.07) is 14.1. The van der Waals surface area contributed by atoms with Crippen molar-refractivity contribution in [1.29, 1.82) is 0 Å². The van der Waals surface area contributed by atoms with E-state index in [4.69, 9.17) is 4.74 Å². The molecule has 0 spiro atoms. The van der Waals surface area contributed by atoms with Crippen LogP contribution in [-0.4, -0.2) is 34.3 Å². The first-order valence-corrected chi connectivity index (χ1v) is 11.3. The van der Waals surface area contributed by atoms with Gasteiger partial charge in [0.05, 0.1) is 6.10 Å². The molecule has 1 aliphatic heterocycles. The van der Waals surface area contributed by atoms with E-state index in [1.807, 2.05) is 49.4 Å². The standard InChI is InChI=1S/C28H29NO5/c1-20-9-5-6-12-22-13-7-15-24(30)27(22)28(33)34-23(19-25(20)31)14-8-18-29-26(32)17-16-21-10-3-2-4-11-21/h2-8,10-11,13,15,18,20,23,25,30-31H,9,12,14,19H2,1H3,(H,29,32)/b6-5+,18-8+/t20-,23?,25+/m0/s1. The minimum atomic E-state index is -0.676. The number of nitrogens with one attached hydrogen (secondary N) is 1. The third-order valence-electron chi connectivity index (χ3n) is 5.61. The van der Waals surface area contributed by atoms with Gasteiger partial charge in [-0.2, -0.15) is 0 Å². The third kappa shape index (κ3) is 7.36. The largest absolute Gasteiger partial charge is 0.507 e. The van der Waals surface area contributed by atoms with Gasteiger partial charge < -0.3 is 20.3 Å². The van der Waals surface area contributed by atoms with Crippen molar-refractivity contribution in [2.45, 2.75) is 44.8 Å². The highest BCUT2D eigenvalue weighted by molar-refractivity contribution is 5.95. The quantitative estimate of drug-likeness (QED) is 0.368. The summed E-state index contributed by atoms with van der Waals surface area (Å²) in [5, 5.41) is 23.4. The first-order valence-electron chi connectivity index (χ1n) is 11.3. The van der Waals surface area contributed by atoms with Crippen molar-refractivity contribution >= 4 is 11.9 Å². The van der Waals surface area contributed by atoms with Crippen LogP contribution < -0.4 is 5.32 Å². The number of amides is 1. The third-order valence-corrected chi connectivity index (χ3v) is 5.61. The second-order valence-electron chi connectivity index (χ2n) is 8.26. The van der Waals surface area contributed by atoms with E-state index >= 15 is 0 Å². The molecule has 2 aromatic carbocycles. The SMILES string of the molecule is C[C@H]1C/C=C/Cc2cccc(O)c2C(=O)OC(C/C=C/NC(=O)C#Cc2ccccc2)C[C@H]1O. The van der Waals surface area contributed by atoms with E-state index in [9.17, 15) is 19.8 Å². The Kier molecular flexibility index (Phi) is 9.07. The second kappa shape index (κ2) is 12.4. The average molecular weight is 460 g/mol. The van der Waals surface area contributed by atoms with Crippen LogP contribution >= 0.6 is 0 Å². The summed E-state index contributed by atoms with van der Waals surface area (Å²) < 4.78 is 5.69. The number of hydrogen-bond acceptors (Lipinski definition) is 5. The number of ether oxygens (including phenoxy) is 1. The van der Waals surface area contributed by atoms with Crippen molar-refractivity contribution in [3.05, 3.63) is 89.6 Å². The number of phenolic OH excluding ortho intramolecular Hbond substituents is 1. The number of phenols is 1. The Balaban J connectivity index is 1.68. The number of aliphatic hydroxyl groups excluding tert-OH is 1. The van der Waals surface area contributed by atoms with E-state index < -0.39 is 24.1 Å². The van der Waals surface area contributed by atoms with Gasteiger partial charge in [-0.05, 0) is 42.5 Å². The predicted octanol–water partition coefficient (Wildman–Crippen LogP) is 3.88. The Morgan fingerprint density at radius 2 is 1.97 bits per heavy atom. The number of benzene rings is 2. The summed E-state index contributed by atoms with van der Waals surface area (Å²) in [5.41, 5.74) is 1.55. The molecule has 3 N–H and O–H groups in total. The van der Waals surface area contributed by atoms with E-state index in [-0.39, 0.29) is 30.1 Å². The lowest BCUT2D eigenvalue weighted by Gasteiger charge is -2.24. The molecule has 0 fully saturated rings. The molecule has 3 rings (SSSR count). The number of hydrogen-bond donors (Lipinski definition) is 3. The zero-order valence-electron chi connectivity index (χ0n) is 19.1. The zero-order chi connectivity index (χ0) is 24.3. The molecular formula is C28H29NO5. The molecule has 3 atom stereocenters. The van der Waals surface area contributed by atoms with Crippen LogP contribution in [0, 0.1) is 17.8 Å². The highest BCUT2D eigenvalue weighted by Crippen LogP contribution is 2.26. The molecule has 0 saturated carbocycles. The summed E-state index contributed by atoms with van der Waals surface area (Å²) in [6.45, 7) is 1.95. The van der Waals surface area contributed by atoms with Crippen LogP contribution in [0.1, 0.15) is 47.7 Å². The second-order valence-corrected chi connectivity index (χ2v) is 8.26. The van der Waals surface area contributed by atoms with Gasteiger partial charge in [-0.15, -0.1) is 0 Å². The lowest BCUT2D eigenvalue weighted by molar-refractivity contribution is -0.114. The van der Waals surface area contributed by atoms with Crippen molar-refractivity contribution in [3.63, 3.8) is 0 Å². The number of rotatable bonds is 3. The summed E-state index contributed by atoms with van der Waals surface area (Å²) in [5.74, 6) is 4.03. The fraction of sp³-hybridized carbons (Fsp3) is 0.286. The Hall–Kier alpha value is -3.82. The van der Waals surface area contributed by atoms with Crippen molar-refractivity contribution < 1.29 is 24.5 Å². The van der Waals surface area contributed by atoms with Crippen LogP contribution in [0.5, 0.6) is 5.75 Å². The summed E-state index contributed by atoms with van der Waals surface area (Å²) >= 11 is 0. The Labute approximate surface area is 200 Å². The molecule has 0 aromatic heterocycles. The number of carbonyl (C=O) groups is 2. The molecule has 0 radical (unpaired) electrons. The number of cyclic esters (lactones) is 1. The average Bonchev–Trinajstić information content (AvgIpc) is 2.82. The number of aliphatic hydroxyl groups is 1. The monoisotopic (exact) mass is 459 g/mol. The summed E-state index contributed by atoms with van der Waals surface area (Å²) in [4.78, 5) is 24.9. The number of allylic oxidation sites excluding steroid dienone is 2. The van der Waals surface area contributed by atoms with Gasteiger partial charge in [0.25, 0.3) is 5.91 Å². The predicted molar refractivity (Wildman–Crippen MR) is 130 cm³/mol. The van der Waals surface area contributed by atoms with Crippen LogP contribution in [0.2, 0.25) is 0 Å². The van der Waals surface area contributed by atoms with Gasteiger partial charge in [0.2, 0.25) is 0 Å². The number of fused-ring (bicyclic) bond motifs is 1. The molecule has 0 saturated heterocycles. The normalized spacial score (nSPS) is 21.7. The number of carbonyl (C=O) groups excluding carboxylic acids is 2. The van der Waals surface area contributed by atoms with Crippen LogP contribution in [-0.2, 0) is 16.0 Å². The molecule has 6 heteroatoms. The van der Waals surface area contributed by atoms with Crippen LogP contribution in [0.4, 0.5) is 0 Å². The van der Waals surface area contributed by atoms with Gasteiger partial charge in [-0.25, -0.2) is 4.79 Å². The molecule has 34 heavy (non-hydrogen) atoms. The minimum Gasteiger partial charge on any atom is -0.507 e. The molecule has 1 unspecified atom stereocenters. The van der Waals surface area contributed by atoms with Crippen molar-refractivity contribution in [1.82, 2.24) is 5.32 Å². The molecule has 176 valence electrons. The number of aromatic hydroxyl groups is 1. The Bertz CT molecular complexity index is 1110. The molecular weight excluding hydrogens is 430 g/mol. The van der Waals surface area contributed by atoms with Crippen LogP contribution in [0.3, 0.4) is 0 Å². The van der Waals surface area contributed by atoms with E-state index in [1.54, 1.807) is 18.2 Å². The van der Waals surface area contributed by atoms with E-state index in [0.29, 0.717) is 18.4 Å². The zero-order valence-corrected chi connectivity index (χ0v) is 19.1. The summed E-state index contributed by atoms with van der Waals surface area (Å²) in [6.07, 6.45) is 7.39. The van der Waals surface area contributed by atoms with Gasteiger partial charge in [0.15, 0.2) is 0 Å². The Morgan fingerprint density at radius 1 is 1.18 bits per heavy atom. The van der Waals surface area contributed by atoms with Crippen molar-refractivity contribution in [2.75, 3.05) is 0 Å². The van der Waals surface area contributed by atoms with Gasteiger partial charge in [-0.1, -0.05) is 61.4 Å². The summed E-state index contributed by atoms with van der Waals surface area (Å²) in [7, 11) is 0. The molecule has 1 amide bonds. The lowest BCUT2D eigenvalue weighted by atomic mass is 9.93. The fourth-order valence-electron chi connectivity index (χ4n) is 3.62. The minimum absolute atomic E-state index is 0.0162. The number of esters is 1. The van der Waals surface area contributed by atoms with Crippen molar-refractivity contribution in [3.8, 4) is 17.6 Å². The van der Waals surface area contributed by atoms with Crippen molar-refractivity contribution in [2.24, 2.45) is 5.92 Å². The van der Waals surface area contributed by atoms with E-state index in [1.165, 1.54) is 12.3 Å². The molecule has 0 bridgehead atoms. The molecule has 1 aliphatic rings. The Morgan fingerprint density at radius 3 is 2.76 bits per heavy atom. The van der Waals surface area contributed by atoms with E-state index in [0.717, 1.165) is 5.56 Å². The highest BCUT2D eigenvalue weighted by Gasteiger charge is 2.25. The van der Waals surface area contributed by atoms with E-state index in [2.05, 4.69) is 17.2 Å². The molecule has 0 aliphatic carbocycles. The smallest absolute Gasteiger partial charge is 0.342 e. The van der Waals surface area contributed by atoms with Crippen LogP contribution in [0.15, 0.2) is 73.0 Å².